The Balaban J connectivity index is 0.00000625. The minimum atomic E-state index is -2.84. The van der Waals surface area contributed by atoms with Gasteiger partial charge in [-0.3, -0.25) is 4.90 Å². The van der Waals surface area contributed by atoms with Crippen molar-refractivity contribution in [2.24, 2.45) is 4.99 Å². The molecule has 5 nitrogen and oxygen atoms in total. The van der Waals surface area contributed by atoms with E-state index in [1.807, 2.05) is 6.92 Å². The summed E-state index contributed by atoms with van der Waals surface area (Å²) in [5, 5.41) is 6.48. The van der Waals surface area contributed by atoms with Crippen LogP contribution in [-0.4, -0.2) is 49.7 Å². The molecule has 0 aliphatic rings. The van der Waals surface area contributed by atoms with Crippen LogP contribution in [0, 0.1) is 0 Å². The van der Waals surface area contributed by atoms with E-state index in [0.29, 0.717) is 17.6 Å². The van der Waals surface area contributed by atoms with Crippen molar-refractivity contribution in [3.63, 3.8) is 0 Å². The van der Waals surface area contributed by atoms with Gasteiger partial charge in [-0.05, 0) is 33.0 Å². The molecule has 0 bridgehead atoms. The van der Waals surface area contributed by atoms with Crippen LogP contribution in [0.4, 0.5) is 8.78 Å². The fraction of sp³-hybridized carbons (Fsp3) is 0.611. The number of rotatable bonds is 10. The monoisotopic (exact) mass is 484 g/mol. The summed E-state index contributed by atoms with van der Waals surface area (Å²) >= 11 is 0. The Bertz CT molecular complexity index is 528. The fourth-order valence-corrected chi connectivity index (χ4v) is 2.57. The first-order valence-corrected chi connectivity index (χ1v) is 8.80. The summed E-state index contributed by atoms with van der Waals surface area (Å²) in [6.45, 7) is 9.30. The molecule has 26 heavy (non-hydrogen) atoms. The molecule has 0 fully saturated rings. The third-order valence-electron chi connectivity index (χ3n) is 3.94. The van der Waals surface area contributed by atoms with Gasteiger partial charge in [-0.2, -0.15) is 8.78 Å². The van der Waals surface area contributed by atoms with Crippen LogP contribution >= 0.6 is 24.0 Å². The summed E-state index contributed by atoms with van der Waals surface area (Å²) in [7, 11) is 0. The summed E-state index contributed by atoms with van der Waals surface area (Å²) in [5.74, 6) is 0.821. The number of ether oxygens (including phenoxy) is 1. The zero-order chi connectivity index (χ0) is 18.7. The lowest BCUT2D eigenvalue weighted by Gasteiger charge is -2.27. The molecular weight excluding hydrogens is 453 g/mol. The molecule has 1 aromatic rings. The Labute approximate surface area is 172 Å². The predicted molar refractivity (Wildman–Crippen MR) is 114 cm³/mol. The van der Waals surface area contributed by atoms with Gasteiger partial charge in [0.1, 0.15) is 5.75 Å². The van der Waals surface area contributed by atoms with E-state index >= 15 is 0 Å². The number of benzene rings is 1. The van der Waals surface area contributed by atoms with Crippen molar-refractivity contribution in [3.05, 3.63) is 29.8 Å². The van der Waals surface area contributed by atoms with E-state index in [-0.39, 0.29) is 36.3 Å². The van der Waals surface area contributed by atoms with Gasteiger partial charge in [0.2, 0.25) is 0 Å². The van der Waals surface area contributed by atoms with Crippen LogP contribution < -0.4 is 15.4 Å². The van der Waals surface area contributed by atoms with Gasteiger partial charge in [-0.15, -0.1) is 24.0 Å². The molecule has 0 aromatic heterocycles. The van der Waals surface area contributed by atoms with E-state index in [0.717, 1.165) is 26.2 Å². The number of guanidine groups is 1. The molecule has 0 saturated carbocycles. The Morgan fingerprint density at radius 3 is 2.38 bits per heavy atom. The molecule has 0 amide bonds. The molecule has 0 heterocycles. The maximum absolute atomic E-state index is 12.5. The first-order valence-electron chi connectivity index (χ1n) is 8.80. The van der Waals surface area contributed by atoms with Crippen molar-refractivity contribution < 1.29 is 13.5 Å². The highest BCUT2D eigenvalue weighted by Crippen LogP contribution is 2.20. The van der Waals surface area contributed by atoms with E-state index in [2.05, 4.69) is 46.0 Å². The molecule has 1 aromatic carbocycles. The molecule has 0 aliphatic heterocycles. The molecule has 0 aliphatic carbocycles. The zero-order valence-corrected chi connectivity index (χ0v) is 18.3. The zero-order valence-electron chi connectivity index (χ0n) is 16.0. The number of alkyl halides is 2. The maximum Gasteiger partial charge on any atom is 0.387 e. The number of aliphatic imine (C=N–C) groups is 1. The van der Waals surface area contributed by atoms with Gasteiger partial charge >= 0.3 is 6.61 Å². The quantitative estimate of drug-likeness (QED) is 0.302. The van der Waals surface area contributed by atoms with Crippen LogP contribution in [-0.2, 0) is 6.54 Å². The highest BCUT2D eigenvalue weighted by atomic mass is 127. The molecule has 0 radical (unpaired) electrons. The lowest BCUT2D eigenvalue weighted by molar-refractivity contribution is -0.0504. The van der Waals surface area contributed by atoms with Gasteiger partial charge < -0.3 is 15.4 Å². The average molecular weight is 484 g/mol. The third-order valence-corrected chi connectivity index (χ3v) is 3.94. The summed E-state index contributed by atoms with van der Waals surface area (Å²) in [6, 6.07) is 7.09. The summed E-state index contributed by atoms with van der Waals surface area (Å²) in [5.41, 5.74) is 0.622. The van der Waals surface area contributed by atoms with Gasteiger partial charge in [-0.25, -0.2) is 4.99 Å². The maximum atomic E-state index is 12.5. The Kier molecular flexibility index (Phi) is 13.3. The molecule has 1 rings (SSSR count). The molecule has 2 N–H and O–H groups in total. The lowest BCUT2D eigenvalue weighted by Crippen LogP contribution is -2.46. The molecular formula is C18H31F2IN4O. The van der Waals surface area contributed by atoms with Crippen molar-refractivity contribution in [1.29, 1.82) is 0 Å². The van der Waals surface area contributed by atoms with Gasteiger partial charge in [0.15, 0.2) is 5.96 Å². The molecule has 0 spiro atoms. The van der Waals surface area contributed by atoms with Crippen molar-refractivity contribution in [1.82, 2.24) is 15.5 Å². The second-order valence-corrected chi connectivity index (χ2v) is 5.63. The number of likely N-dealkylation sites (N-methyl/N-ethyl adjacent to an activating group) is 1. The van der Waals surface area contributed by atoms with E-state index in [1.165, 1.54) is 6.07 Å². The van der Waals surface area contributed by atoms with Crippen LogP contribution in [0.15, 0.2) is 29.3 Å². The molecule has 1 atom stereocenters. The first kappa shape index (κ1) is 24.8. The minimum Gasteiger partial charge on any atom is -0.434 e. The van der Waals surface area contributed by atoms with Crippen molar-refractivity contribution in [2.75, 3.05) is 26.2 Å². The van der Waals surface area contributed by atoms with Gasteiger partial charge in [0, 0.05) is 24.7 Å². The van der Waals surface area contributed by atoms with Crippen molar-refractivity contribution in [3.8, 4) is 5.75 Å². The summed E-state index contributed by atoms with van der Waals surface area (Å²) in [6.07, 6.45) is 0. The number of nitrogens with one attached hydrogen (secondary N) is 2. The number of nitrogens with zero attached hydrogens (tertiary/aromatic N) is 2. The Hall–Kier alpha value is -1.16. The predicted octanol–water partition coefficient (Wildman–Crippen LogP) is 3.69. The third kappa shape index (κ3) is 8.98. The second kappa shape index (κ2) is 14.0. The smallest absolute Gasteiger partial charge is 0.387 e. The van der Waals surface area contributed by atoms with Gasteiger partial charge in [0.05, 0.1) is 6.54 Å². The van der Waals surface area contributed by atoms with Crippen LogP contribution in [0.3, 0.4) is 0 Å². The van der Waals surface area contributed by atoms with Crippen LogP contribution in [0.25, 0.3) is 0 Å². The number of hydrogen-bond donors (Lipinski definition) is 2. The summed E-state index contributed by atoms with van der Waals surface area (Å²) in [4.78, 5) is 6.84. The number of para-hydroxylation sites is 1. The van der Waals surface area contributed by atoms with Crippen LogP contribution in [0.2, 0.25) is 0 Å². The van der Waals surface area contributed by atoms with Crippen molar-refractivity contribution >= 4 is 29.9 Å². The molecule has 0 saturated heterocycles. The van der Waals surface area contributed by atoms with Gasteiger partial charge in [0.25, 0.3) is 0 Å². The fourth-order valence-electron chi connectivity index (χ4n) is 2.57. The van der Waals surface area contributed by atoms with Gasteiger partial charge in [-0.1, -0.05) is 32.0 Å². The lowest BCUT2D eigenvalue weighted by atomic mass is 10.2. The topological polar surface area (TPSA) is 48.9 Å². The largest absolute Gasteiger partial charge is 0.434 e. The highest BCUT2D eigenvalue weighted by Gasteiger charge is 2.11. The first-order chi connectivity index (χ1) is 12.0. The second-order valence-electron chi connectivity index (χ2n) is 5.63. The summed E-state index contributed by atoms with van der Waals surface area (Å²) < 4.78 is 29.5. The average Bonchev–Trinajstić information content (AvgIpc) is 2.59. The van der Waals surface area contributed by atoms with Crippen LogP contribution in [0.5, 0.6) is 5.75 Å². The van der Waals surface area contributed by atoms with E-state index < -0.39 is 6.61 Å². The molecule has 150 valence electrons. The van der Waals surface area contributed by atoms with Crippen LogP contribution in [0.1, 0.15) is 33.3 Å². The Morgan fingerprint density at radius 2 is 1.81 bits per heavy atom. The van der Waals surface area contributed by atoms with E-state index in [9.17, 15) is 8.78 Å². The van der Waals surface area contributed by atoms with Crippen molar-refractivity contribution in [2.45, 2.75) is 46.9 Å². The van der Waals surface area contributed by atoms with E-state index in [1.54, 1.807) is 18.2 Å². The number of halogens is 3. The normalized spacial score (nSPS) is 12.7. The number of hydrogen-bond acceptors (Lipinski definition) is 3. The Morgan fingerprint density at radius 1 is 1.15 bits per heavy atom. The standard InChI is InChI=1S/C18H30F2N4O.HI/c1-5-21-18(22-12-14(4)24(6-2)7-3)23-13-15-10-8-9-11-16(15)25-17(19)20;/h8-11,14,17H,5-7,12-13H2,1-4H3,(H2,21,22,23);1H. The highest BCUT2D eigenvalue weighted by molar-refractivity contribution is 14.0. The molecule has 1 unspecified atom stereocenters. The minimum absolute atomic E-state index is 0. The molecule has 8 heteroatoms. The van der Waals surface area contributed by atoms with E-state index in [4.69, 9.17) is 0 Å². The SMILES string of the molecule is CCNC(=NCc1ccccc1OC(F)F)NCC(C)N(CC)CC.I.